The minimum Gasteiger partial charge on any atom is -0.386 e. The fourth-order valence-electron chi connectivity index (χ4n) is 2.46. The molecule has 1 nitrogen and oxygen atoms in total. The van der Waals surface area contributed by atoms with Gasteiger partial charge in [-0.1, -0.05) is 26.3 Å². The van der Waals surface area contributed by atoms with E-state index in [-0.39, 0.29) is 0 Å². The molecule has 1 aliphatic carbocycles. The summed E-state index contributed by atoms with van der Waals surface area (Å²) in [6.07, 6.45) is 5.45. The summed E-state index contributed by atoms with van der Waals surface area (Å²) in [5, 5.41) is 3.45. The molecule has 0 aromatic rings. The molecule has 0 aliphatic heterocycles. The summed E-state index contributed by atoms with van der Waals surface area (Å²) in [6, 6.07) is 0.533. The Bertz CT molecular complexity index is 172. The van der Waals surface area contributed by atoms with Gasteiger partial charge in [-0.3, -0.25) is 0 Å². The molecule has 0 bridgehead atoms. The molecule has 0 aromatic carbocycles. The predicted octanol–water partition coefficient (Wildman–Crippen LogP) is 3.32. The van der Waals surface area contributed by atoms with Gasteiger partial charge in [0.1, 0.15) is 0 Å². The van der Waals surface area contributed by atoms with Gasteiger partial charge in [-0.2, -0.15) is 0 Å². The van der Waals surface area contributed by atoms with E-state index in [9.17, 15) is 0 Å². The molecule has 0 radical (unpaired) electrons. The van der Waals surface area contributed by atoms with Gasteiger partial charge in [0, 0.05) is 17.7 Å². The molecular weight excluding hydrogens is 158 g/mol. The lowest BCUT2D eigenvalue weighted by molar-refractivity contribution is 0.400. The normalized spacial score (nSPS) is 28.0. The Kier molecular flexibility index (Phi) is 3.83. The van der Waals surface area contributed by atoms with Crippen LogP contribution in [0, 0.1) is 11.8 Å². The maximum Gasteiger partial charge on any atom is 0.0201 e. The van der Waals surface area contributed by atoms with Gasteiger partial charge in [0.2, 0.25) is 0 Å². The number of allylic oxidation sites excluding steroid dienone is 1. The van der Waals surface area contributed by atoms with E-state index in [0.717, 1.165) is 11.8 Å². The largest absolute Gasteiger partial charge is 0.386 e. The summed E-state index contributed by atoms with van der Waals surface area (Å²) in [5.74, 6) is 1.63. The van der Waals surface area contributed by atoms with Crippen LogP contribution in [0.15, 0.2) is 12.3 Å². The molecule has 13 heavy (non-hydrogen) atoms. The van der Waals surface area contributed by atoms with Crippen LogP contribution in [-0.4, -0.2) is 6.04 Å². The molecule has 76 valence electrons. The van der Waals surface area contributed by atoms with E-state index in [1.54, 1.807) is 0 Å². The maximum absolute atomic E-state index is 4.16. The molecule has 1 rings (SSSR count). The third-order valence-corrected chi connectivity index (χ3v) is 3.11. The van der Waals surface area contributed by atoms with Gasteiger partial charge in [0.05, 0.1) is 0 Å². The van der Waals surface area contributed by atoms with Crippen molar-refractivity contribution < 1.29 is 0 Å². The quantitative estimate of drug-likeness (QED) is 0.701. The van der Waals surface area contributed by atoms with Crippen molar-refractivity contribution >= 4 is 0 Å². The first-order chi connectivity index (χ1) is 6.15. The lowest BCUT2D eigenvalue weighted by Gasteiger charge is -2.23. The van der Waals surface area contributed by atoms with E-state index in [2.05, 4.69) is 32.7 Å². The van der Waals surface area contributed by atoms with Crippen molar-refractivity contribution in [3.8, 4) is 0 Å². The number of nitrogens with one attached hydrogen (secondary N) is 1. The third-order valence-electron chi connectivity index (χ3n) is 3.11. The molecule has 1 N–H and O–H groups in total. The van der Waals surface area contributed by atoms with Crippen LogP contribution in [0.3, 0.4) is 0 Å². The van der Waals surface area contributed by atoms with E-state index in [1.807, 2.05) is 0 Å². The number of hydrogen-bond donors (Lipinski definition) is 1. The van der Waals surface area contributed by atoms with Crippen molar-refractivity contribution in [2.45, 2.75) is 52.5 Å². The second-order valence-electron chi connectivity index (χ2n) is 4.53. The summed E-state index contributed by atoms with van der Waals surface area (Å²) < 4.78 is 0. The van der Waals surface area contributed by atoms with Crippen LogP contribution >= 0.6 is 0 Å². The van der Waals surface area contributed by atoms with E-state index < -0.39 is 0 Å². The highest BCUT2D eigenvalue weighted by atomic mass is 14.9. The topological polar surface area (TPSA) is 12.0 Å². The Morgan fingerprint density at radius 1 is 1.46 bits per heavy atom. The molecule has 1 heteroatoms. The van der Waals surface area contributed by atoms with E-state index in [1.165, 1.54) is 31.4 Å². The summed E-state index contributed by atoms with van der Waals surface area (Å²) >= 11 is 0. The molecule has 0 saturated heterocycles. The fourth-order valence-corrected chi connectivity index (χ4v) is 2.46. The minimum absolute atomic E-state index is 0.533. The molecule has 2 unspecified atom stereocenters. The molecule has 1 saturated carbocycles. The van der Waals surface area contributed by atoms with Gasteiger partial charge in [0.25, 0.3) is 0 Å². The smallest absolute Gasteiger partial charge is 0.0201 e. The molecule has 1 fully saturated rings. The Hall–Kier alpha value is -0.460. The Morgan fingerprint density at radius 2 is 2.15 bits per heavy atom. The van der Waals surface area contributed by atoms with Crippen molar-refractivity contribution in [3.05, 3.63) is 12.3 Å². The Labute approximate surface area is 82.6 Å². The zero-order valence-corrected chi connectivity index (χ0v) is 9.27. The molecular formula is C12H23N. The zero-order valence-electron chi connectivity index (χ0n) is 9.27. The van der Waals surface area contributed by atoms with Crippen LogP contribution in [0.2, 0.25) is 0 Å². The highest BCUT2D eigenvalue weighted by Gasteiger charge is 2.27. The van der Waals surface area contributed by atoms with Crippen molar-refractivity contribution in [2.75, 3.05) is 0 Å². The summed E-state index contributed by atoms with van der Waals surface area (Å²) in [6.45, 7) is 10.8. The van der Waals surface area contributed by atoms with Crippen LogP contribution < -0.4 is 5.32 Å². The second kappa shape index (κ2) is 4.69. The molecule has 1 aliphatic rings. The van der Waals surface area contributed by atoms with Crippen LogP contribution in [-0.2, 0) is 0 Å². The summed E-state index contributed by atoms with van der Waals surface area (Å²) in [7, 11) is 0. The van der Waals surface area contributed by atoms with Gasteiger partial charge in [0.15, 0.2) is 0 Å². The van der Waals surface area contributed by atoms with Gasteiger partial charge in [-0.15, -0.1) is 0 Å². The van der Waals surface area contributed by atoms with E-state index in [0.29, 0.717) is 6.04 Å². The SMILES string of the molecule is C=C(NC(C)C)C1CCCC1CC. The van der Waals surface area contributed by atoms with Crippen molar-refractivity contribution in [2.24, 2.45) is 11.8 Å². The first kappa shape index (κ1) is 10.6. The van der Waals surface area contributed by atoms with Gasteiger partial charge < -0.3 is 5.32 Å². The first-order valence-electron chi connectivity index (χ1n) is 5.60. The van der Waals surface area contributed by atoms with Crippen LogP contribution in [0.4, 0.5) is 0 Å². The monoisotopic (exact) mass is 181 g/mol. The van der Waals surface area contributed by atoms with Crippen molar-refractivity contribution in [1.82, 2.24) is 5.32 Å². The highest BCUT2D eigenvalue weighted by Crippen LogP contribution is 2.37. The van der Waals surface area contributed by atoms with Crippen molar-refractivity contribution in [1.29, 1.82) is 0 Å². The summed E-state index contributed by atoms with van der Waals surface area (Å²) in [4.78, 5) is 0. The predicted molar refractivity (Wildman–Crippen MR) is 58.5 cm³/mol. The van der Waals surface area contributed by atoms with Gasteiger partial charge in [-0.05, 0) is 32.6 Å². The molecule has 0 heterocycles. The highest BCUT2D eigenvalue weighted by molar-refractivity contribution is 5.03. The molecule has 0 aromatic heterocycles. The molecule has 2 atom stereocenters. The van der Waals surface area contributed by atoms with Crippen LogP contribution in [0.25, 0.3) is 0 Å². The fraction of sp³-hybridized carbons (Fsp3) is 0.833. The van der Waals surface area contributed by atoms with E-state index >= 15 is 0 Å². The molecule has 0 amide bonds. The Morgan fingerprint density at radius 3 is 2.69 bits per heavy atom. The van der Waals surface area contributed by atoms with Crippen molar-refractivity contribution in [3.63, 3.8) is 0 Å². The second-order valence-corrected chi connectivity index (χ2v) is 4.53. The zero-order chi connectivity index (χ0) is 9.84. The van der Waals surface area contributed by atoms with Gasteiger partial charge >= 0.3 is 0 Å². The molecule has 0 spiro atoms. The van der Waals surface area contributed by atoms with E-state index in [4.69, 9.17) is 0 Å². The maximum atomic E-state index is 4.16. The number of rotatable bonds is 4. The standard InChI is InChI=1S/C12H23N/c1-5-11-7-6-8-12(11)10(4)13-9(2)3/h9,11-13H,4-8H2,1-3H3. The lowest BCUT2D eigenvalue weighted by Crippen LogP contribution is -2.27. The average Bonchev–Trinajstić information content (AvgIpc) is 2.49. The summed E-state index contributed by atoms with van der Waals surface area (Å²) in [5.41, 5.74) is 1.28. The van der Waals surface area contributed by atoms with Gasteiger partial charge in [-0.25, -0.2) is 0 Å². The lowest BCUT2D eigenvalue weighted by atomic mass is 9.91. The minimum atomic E-state index is 0.533. The van der Waals surface area contributed by atoms with Crippen LogP contribution in [0.5, 0.6) is 0 Å². The average molecular weight is 181 g/mol. The number of hydrogen-bond acceptors (Lipinski definition) is 1. The first-order valence-corrected chi connectivity index (χ1v) is 5.60. The Balaban J connectivity index is 2.45. The third kappa shape index (κ3) is 2.75. The van der Waals surface area contributed by atoms with Crippen LogP contribution in [0.1, 0.15) is 46.5 Å².